The van der Waals surface area contributed by atoms with Gasteiger partial charge in [0.2, 0.25) is 11.8 Å². The number of aliphatic hydroxyl groups is 1. The average Bonchev–Trinajstić information content (AvgIpc) is 3.53. The van der Waals surface area contributed by atoms with Crippen molar-refractivity contribution in [3.63, 3.8) is 0 Å². The second-order valence-corrected chi connectivity index (χ2v) is 10.6. The highest BCUT2D eigenvalue weighted by Crippen LogP contribution is 2.37. The number of nitrogens with one attached hydrogen (secondary N) is 1. The highest BCUT2D eigenvalue weighted by molar-refractivity contribution is 5.91. The smallest absolute Gasteiger partial charge is 0.240 e. The predicted octanol–water partition coefficient (Wildman–Crippen LogP) is 3.73. The lowest BCUT2D eigenvalue weighted by Crippen LogP contribution is -2.36. The van der Waals surface area contributed by atoms with E-state index in [0.717, 1.165) is 64.4 Å². The molecule has 5 heterocycles. The van der Waals surface area contributed by atoms with E-state index in [0.29, 0.717) is 30.7 Å². The van der Waals surface area contributed by atoms with Crippen LogP contribution < -0.4 is 9.47 Å². The van der Waals surface area contributed by atoms with Crippen LogP contribution in [0.25, 0.3) is 34.3 Å². The van der Waals surface area contributed by atoms with Gasteiger partial charge in [-0.2, -0.15) is 10.2 Å². The number of hydrogen-bond donors (Lipinski definition) is 2. The second kappa shape index (κ2) is 10.1. The fraction of sp³-hybridized carbons (Fsp3) is 0.500. The molecule has 11 nitrogen and oxygen atoms in total. The van der Waals surface area contributed by atoms with E-state index in [1.807, 2.05) is 55.5 Å². The molecule has 2 aliphatic rings. The Labute approximate surface area is 227 Å². The van der Waals surface area contributed by atoms with Crippen molar-refractivity contribution < 1.29 is 14.6 Å². The van der Waals surface area contributed by atoms with E-state index in [-0.39, 0.29) is 18.8 Å². The summed E-state index contributed by atoms with van der Waals surface area (Å²) < 4.78 is 16.3. The number of pyridine rings is 1. The van der Waals surface area contributed by atoms with E-state index in [2.05, 4.69) is 38.2 Å². The number of nitrogens with zero attached hydrogens (tertiary/aromatic N) is 7. The fourth-order valence-corrected chi connectivity index (χ4v) is 5.46. The zero-order valence-electron chi connectivity index (χ0n) is 23.2. The second-order valence-electron chi connectivity index (χ2n) is 10.6. The number of aromatic nitrogens is 7. The molecule has 2 N–H and O–H groups in total. The normalized spacial score (nSPS) is 19.7. The fourth-order valence-electron chi connectivity index (χ4n) is 5.46. The van der Waals surface area contributed by atoms with Crippen molar-refractivity contribution in [3.05, 3.63) is 34.9 Å². The summed E-state index contributed by atoms with van der Waals surface area (Å²) in [6.07, 6.45) is 8.09. The molecule has 2 atom stereocenters. The maximum atomic E-state index is 10.1. The van der Waals surface area contributed by atoms with Crippen molar-refractivity contribution in [2.45, 2.75) is 65.3 Å². The summed E-state index contributed by atoms with van der Waals surface area (Å²) in [5.41, 5.74) is 6.14. The zero-order chi connectivity index (χ0) is 27.3. The number of aromatic amines is 1. The number of rotatable bonds is 5. The van der Waals surface area contributed by atoms with Crippen LogP contribution in [0, 0.1) is 6.92 Å². The van der Waals surface area contributed by atoms with Crippen LogP contribution in [0.2, 0.25) is 0 Å². The first kappa shape index (κ1) is 25.6. The summed E-state index contributed by atoms with van der Waals surface area (Å²) in [7, 11) is 1.92. The third-order valence-corrected chi connectivity index (χ3v) is 7.51. The number of aliphatic hydroxyl groups excluding tert-OH is 1. The Balaban J connectivity index is 1.55. The van der Waals surface area contributed by atoms with Gasteiger partial charge in [0.1, 0.15) is 6.10 Å². The van der Waals surface area contributed by atoms with E-state index < -0.39 is 0 Å². The van der Waals surface area contributed by atoms with E-state index in [9.17, 15) is 5.11 Å². The van der Waals surface area contributed by atoms with Crippen molar-refractivity contribution in [1.29, 1.82) is 0 Å². The van der Waals surface area contributed by atoms with Crippen LogP contribution >= 0.6 is 0 Å². The quantitative estimate of drug-likeness (QED) is 0.399. The lowest BCUT2D eigenvalue weighted by molar-refractivity contribution is 0.124. The van der Waals surface area contributed by atoms with Gasteiger partial charge in [-0.1, -0.05) is 0 Å². The Morgan fingerprint density at radius 3 is 2.82 bits per heavy atom. The van der Waals surface area contributed by atoms with Gasteiger partial charge in [-0.25, -0.2) is 9.67 Å². The third kappa shape index (κ3) is 4.70. The van der Waals surface area contributed by atoms with E-state index in [1.165, 1.54) is 0 Å². The van der Waals surface area contributed by atoms with Gasteiger partial charge in [0.05, 0.1) is 47.5 Å². The molecule has 0 radical (unpaired) electrons. The van der Waals surface area contributed by atoms with Gasteiger partial charge in [-0.15, -0.1) is 5.10 Å². The topological polar surface area (TPSA) is 119 Å². The van der Waals surface area contributed by atoms with Gasteiger partial charge in [-0.05, 0) is 58.8 Å². The molecule has 1 fully saturated rings. The van der Waals surface area contributed by atoms with E-state index in [4.69, 9.17) is 14.6 Å². The highest BCUT2D eigenvalue weighted by atomic mass is 16.5. The standard InChI is InChI=1S/C28H36N8O3/c1-6-38-27-21-9-10-23-22-11-19(12-29-26(22)31-30-23)25-18(4)32-34(5)28(25)39-17(3)13-35(20-7-8-20)14-24(21)36(33-27)16(2)15-37/h9-12,16-17,20,37H,6-8,13-15H2,1-5H3,(H,29,30,31)/b10-9+/t16-,17-/m0/s1. The summed E-state index contributed by atoms with van der Waals surface area (Å²) in [4.78, 5) is 7.10. The summed E-state index contributed by atoms with van der Waals surface area (Å²) >= 11 is 0. The van der Waals surface area contributed by atoms with Crippen LogP contribution in [0.15, 0.2) is 12.3 Å². The van der Waals surface area contributed by atoms with Gasteiger partial charge in [0, 0.05) is 43.3 Å². The Morgan fingerprint density at radius 2 is 2.08 bits per heavy atom. The number of aryl methyl sites for hydroxylation is 2. The average molecular weight is 533 g/mol. The molecule has 1 aliphatic carbocycles. The number of hydrogen-bond acceptors (Lipinski definition) is 8. The van der Waals surface area contributed by atoms with E-state index in [1.54, 1.807) is 0 Å². The molecule has 0 unspecified atom stereocenters. The van der Waals surface area contributed by atoms with Crippen LogP contribution in [0.3, 0.4) is 0 Å². The van der Waals surface area contributed by atoms with Gasteiger partial charge in [-0.3, -0.25) is 14.7 Å². The minimum Gasteiger partial charge on any atom is -0.476 e. The lowest BCUT2D eigenvalue weighted by atomic mass is 10.1. The van der Waals surface area contributed by atoms with E-state index >= 15 is 0 Å². The molecular weight excluding hydrogens is 496 g/mol. The maximum absolute atomic E-state index is 10.1. The Hall–Kier alpha value is -3.70. The molecule has 206 valence electrons. The number of ether oxygens (including phenoxy) is 2. The summed E-state index contributed by atoms with van der Waals surface area (Å²) in [5.74, 6) is 1.29. The molecule has 11 heteroatoms. The van der Waals surface area contributed by atoms with Gasteiger partial charge in [0.15, 0.2) is 5.65 Å². The molecule has 39 heavy (non-hydrogen) atoms. The molecule has 1 aliphatic heterocycles. The summed E-state index contributed by atoms with van der Waals surface area (Å²) in [5, 5.41) is 28.0. The molecule has 4 aromatic heterocycles. The monoisotopic (exact) mass is 532 g/mol. The SMILES string of the molecule is CCOc1nn([C@@H](C)CO)c2c1/C=C/c1[nH]nc3ncc(cc13)-c1c(C)nn(C)c1O[C@@H](C)CN(C1CC1)C2. The molecule has 0 spiro atoms. The first-order valence-corrected chi connectivity index (χ1v) is 13.7. The van der Waals surface area contributed by atoms with Crippen molar-refractivity contribution in [2.24, 2.45) is 7.05 Å². The molecule has 1 saturated carbocycles. The highest BCUT2D eigenvalue weighted by Gasteiger charge is 2.33. The lowest BCUT2D eigenvalue weighted by Gasteiger charge is -2.27. The number of fused-ring (bicyclic) bond motifs is 4. The van der Waals surface area contributed by atoms with Gasteiger partial charge >= 0.3 is 0 Å². The van der Waals surface area contributed by atoms with Gasteiger partial charge < -0.3 is 14.6 Å². The third-order valence-electron chi connectivity index (χ3n) is 7.51. The Bertz CT molecular complexity index is 1530. The van der Waals surface area contributed by atoms with Crippen LogP contribution in [-0.2, 0) is 13.6 Å². The van der Waals surface area contributed by atoms with Crippen LogP contribution in [0.1, 0.15) is 62.3 Å². The largest absolute Gasteiger partial charge is 0.476 e. The maximum Gasteiger partial charge on any atom is 0.240 e. The Morgan fingerprint density at radius 1 is 1.26 bits per heavy atom. The van der Waals surface area contributed by atoms with Crippen molar-refractivity contribution >= 4 is 23.2 Å². The Kier molecular flexibility index (Phi) is 6.64. The van der Waals surface area contributed by atoms with Gasteiger partial charge in [0.25, 0.3) is 0 Å². The molecule has 0 amide bonds. The first-order valence-electron chi connectivity index (χ1n) is 13.7. The van der Waals surface area contributed by atoms with Crippen molar-refractivity contribution in [2.75, 3.05) is 19.8 Å². The molecular formula is C28H36N8O3. The van der Waals surface area contributed by atoms with Crippen LogP contribution in [-0.4, -0.2) is 76.7 Å². The molecule has 4 aromatic rings. The minimum atomic E-state index is -0.196. The number of H-pyrrole nitrogens is 1. The summed E-state index contributed by atoms with van der Waals surface area (Å²) in [6.45, 7) is 9.90. The predicted molar refractivity (Wildman–Crippen MR) is 148 cm³/mol. The van der Waals surface area contributed by atoms with Crippen molar-refractivity contribution in [1.82, 2.24) is 39.6 Å². The van der Waals surface area contributed by atoms with Crippen molar-refractivity contribution in [3.8, 4) is 22.9 Å². The summed E-state index contributed by atoms with van der Waals surface area (Å²) in [6, 6.07) is 2.37. The first-order chi connectivity index (χ1) is 18.9. The minimum absolute atomic E-state index is 0.0193. The molecule has 2 bridgehead atoms. The zero-order valence-corrected chi connectivity index (χ0v) is 23.2. The van der Waals surface area contributed by atoms with Crippen LogP contribution in [0.4, 0.5) is 0 Å². The molecule has 0 aromatic carbocycles. The van der Waals surface area contributed by atoms with Crippen LogP contribution in [0.5, 0.6) is 11.8 Å². The molecule has 0 saturated heterocycles. The molecule has 6 rings (SSSR count).